The maximum absolute atomic E-state index is 8.76. The highest BCUT2D eigenvalue weighted by Crippen LogP contribution is 2.20. The van der Waals surface area contributed by atoms with E-state index in [1.165, 1.54) is 25.7 Å². The largest absolute Gasteiger partial charge is 0.398 e. The average Bonchev–Trinajstić information content (AvgIpc) is 2.42. The van der Waals surface area contributed by atoms with E-state index < -0.39 is 0 Å². The van der Waals surface area contributed by atoms with E-state index in [-0.39, 0.29) is 0 Å². The van der Waals surface area contributed by atoms with Crippen LogP contribution in [0.5, 0.6) is 0 Å². The predicted octanol–water partition coefficient (Wildman–Crippen LogP) is 3.96. The standard InChI is InChI=1S/C16H25N3/c1-3-5-6-13(4-2)12-19-15-7-8-16(18)14(11-15)9-10-17/h7-8,11,13,19H,3-6,9,12,18H2,1-2H3. The molecule has 0 spiro atoms. The van der Waals surface area contributed by atoms with Gasteiger partial charge < -0.3 is 11.1 Å². The SMILES string of the molecule is CCCCC(CC)CNc1ccc(N)c(CC#N)c1. The Morgan fingerprint density at radius 2 is 2.16 bits per heavy atom. The Morgan fingerprint density at radius 3 is 2.79 bits per heavy atom. The van der Waals surface area contributed by atoms with Crippen molar-refractivity contribution in [2.75, 3.05) is 17.6 Å². The van der Waals surface area contributed by atoms with Gasteiger partial charge in [-0.3, -0.25) is 0 Å². The Kier molecular flexibility index (Phi) is 6.81. The van der Waals surface area contributed by atoms with Crippen LogP contribution in [0.4, 0.5) is 11.4 Å². The van der Waals surface area contributed by atoms with Crippen LogP contribution in [0, 0.1) is 17.2 Å². The number of nitrogens with two attached hydrogens (primary N) is 1. The normalized spacial score (nSPS) is 11.8. The lowest BCUT2D eigenvalue weighted by molar-refractivity contribution is 0.473. The zero-order valence-corrected chi connectivity index (χ0v) is 12.1. The molecular weight excluding hydrogens is 234 g/mol. The van der Waals surface area contributed by atoms with Gasteiger partial charge in [-0.25, -0.2) is 0 Å². The first-order valence-corrected chi connectivity index (χ1v) is 7.20. The van der Waals surface area contributed by atoms with Crippen LogP contribution in [0.25, 0.3) is 0 Å². The minimum absolute atomic E-state index is 0.369. The summed E-state index contributed by atoms with van der Waals surface area (Å²) < 4.78 is 0. The number of anilines is 2. The molecule has 3 heteroatoms. The lowest BCUT2D eigenvalue weighted by Gasteiger charge is -2.16. The first kappa shape index (κ1) is 15.4. The van der Waals surface area contributed by atoms with E-state index in [0.717, 1.165) is 23.7 Å². The highest BCUT2D eigenvalue weighted by atomic mass is 14.9. The molecule has 1 unspecified atom stereocenters. The van der Waals surface area contributed by atoms with Crippen LogP contribution < -0.4 is 11.1 Å². The molecule has 1 aromatic carbocycles. The first-order valence-electron chi connectivity index (χ1n) is 7.20. The number of unbranched alkanes of at least 4 members (excludes halogenated alkanes) is 1. The molecule has 0 aromatic heterocycles. The Labute approximate surface area is 116 Å². The van der Waals surface area contributed by atoms with Gasteiger partial charge in [0.2, 0.25) is 0 Å². The lowest BCUT2D eigenvalue weighted by atomic mass is 9.99. The number of rotatable bonds is 8. The molecule has 0 aliphatic heterocycles. The molecule has 0 heterocycles. The van der Waals surface area contributed by atoms with Gasteiger partial charge >= 0.3 is 0 Å². The van der Waals surface area contributed by atoms with Gasteiger partial charge in [0.05, 0.1) is 12.5 Å². The van der Waals surface area contributed by atoms with Crippen LogP contribution in [0.1, 0.15) is 45.1 Å². The quantitative estimate of drug-likeness (QED) is 0.694. The van der Waals surface area contributed by atoms with Crippen molar-refractivity contribution in [3.05, 3.63) is 23.8 Å². The molecular formula is C16H25N3. The second-order valence-electron chi connectivity index (χ2n) is 5.05. The third-order valence-electron chi connectivity index (χ3n) is 3.55. The fourth-order valence-electron chi connectivity index (χ4n) is 2.16. The molecule has 1 rings (SSSR count). The lowest BCUT2D eigenvalue weighted by Crippen LogP contribution is -2.13. The number of hydrogen-bond acceptors (Lipinski definition) is 3. The van der Waals surface area contributed by atoms with Crippen molar-refractivity contribution >= 4 is 11.4 Å². The number of nitriles is 1. The molecule has 0 saturated heterocycles. The summed E-state index contributed by atoms with van der Waals surface area (Å²) in [6, 6.07) is 8.01. The van der Waals surface area contributed by atoms with Gasteiger partial charge in [-0.1, -0.05) is 33.1 Å². The van der Waals surface area contributed by atoms with Gasteiger partial charge in [0.1, 0.15) is 0 Å². The van der Waals surface area contributed by atoms with Crippen LogP contribution >= 0.6 is 0 Å². The van der Waals surface area contributed by atoms with Crippen molar-refractivity contribution in [1.82, 2.24) is 0 Å². The summed E-state index contributed by atoms with van der Waals surface area (Å²) in [5.41, 5.74) is 8.52. The highest BCUT2D eigenvalue weighted by molar-refractivity contribution is 5.58. The molecule has 0 saturated carbocycles. The molecule has 19 heavy (non-hydrogen) atoms. The average molecular weight is 259 g/mol. The van der Waals surface area contributed by atoms with Crippen molar-refractivity contribution in [2.24, 2.45) is 5.92 Å². The zero-order valence-electron chi connectivity index (χ0n) is 12.1. The second kappa shape index (κ2) is 8.42. The Balaban J connectivity index is 2.57. The monoisotopic (exact) mass is 259 g/mol. The molecule has 0 bridgehead atoms. The zero-order chi connectivity index (χ0) is 14.1. The third kappa shape index (κ3) is 5.21. The van der Waals surface area contributed by atoms with Gasteiger partial charge in [0, 0.05) is 17.9 Å². The predicted molar refractivity (Wildman–Crippen MR) is 82.0 cm³/mol. The van der Waals surface area contributed by atoms with Crippen LogP contribution in [-0.4, -0.2) is 6.54 Å². The molecule has 1 atom stereocenters. The third-order valence-corrected chi connectivity index (χ3v) is 3.55. The Bertz CT molecular complexity index is 420. The summed E-state index contributed by atoms with van der Waals surface area (Å²) in [4.78, 5) is 0. The van der Waals surface area contributed by atoms with Gasteiger partial charge in [-0.05, 0) is 36.1 Å². The van der Waals surface area contributed by atoms with Crippen molar-refractivity contribution in [3.8, 4) is 6.07 Å². The van der Waals surface area contributed by atoms with Gasteiger partial charge in [0.15, 0.2) is 0 Å². The van der Waals surface area contributed by atoms with E-state index in [9.17, 15) is 0 Å². The molecule has 3 N–H and O–H groups in total. The number of nitrogen functional groups attached to an aromatic ring is 1. The summed E-state index contributed by atoms with van der Waals surface area (Å²) >= 11 is 0. The maximum Gasteiger partial charge on any atom is 0.0670 e. The summed E-state index contributed by atoms with van der Waals surface area (Å²) in [6.07, 6.45) is 5.40. The summed E-state index contributed by atoms with van der Waals surface area (Å²) in [6.45, 7) is 5.47. The fourth-order valence-corrected chi connectivity index (χ4v) is 2.16. The van der Waals surface area contributed by atoms with E-state index >= 15 is 0 Å². The smallest absolute Gasteiger partial charge is 0.0670 e. The highest BCUT2D eigenvalue weighted by Gasteiger charge is 2.06. The number of hydrogen-bond donors (Lipinski definition) is 2. The molecule has 0 aliphatic rings. The molecule has 1 aromatic rings. The second-order valence-corrected chi connectivity index (χ2v) is 5.05. The molecule has 0 fully saturated rings. The van der Waals surface area contributed by atoms with E-state index in [1.807, 2.05) is 18.2 Å². The minimum Gasteiger partial charge on any atom is -0.398 e. The van der Waals surface area contributed by atoms with Crippen molar-refractivity contribution in [2.45, 2.75) is 46.0 Å². The van der Waals surface area contributed by atoms with Gasteiger partial charge in [-0.15, -0.1) is 0 Å². The van der Waals surface area contributed by atoms with Crippen LogP contribution in [-0.2, 0) is 6.42 Å². The topological polar surface area (TPSA) is 61.8 Å². The van der Waals surface area contributed by atoms with Gasteiger partial charge in [-0.2, -0.15) is 5.26 Å². The van der Waals surface area contributed by atoms with E-state index in [2.05, 4.69) is 25.2 Å². The Morgan fingerprint density at radius 1 is 1.37 bits per heavy atom. The van der Waals surface area contributed by atoms with Crippen LogP contribution in [0.2, 0.25) is 0 Å². The molecule has 3 nitrogen and oxygen atoms in total. The van der Waals surface area contributed by atoms with Gasteiger partial charge in [0.25, 0.3) is 0 Å². The number of benzene rings is 1. The summed E-state index contributed by atoms with van der Waals surface area (Å²) in [5, 5.41) is 12.2. The number of nitrogens with zero attached hydrogens (tertiary/aromatic N) is 1. The minimum atomic E-state index is 0.369. The van der Waals surface area contributed by atoms with E-state index in [0.29, 0.717) is 12.1 Å². The fraction of sp³-hybridized carbons (Fsp3) is 0.562. The van der Waals surface area contributed by atoms with Crippen molar-refractivity contribution in [3.63, 3.8) is 0 Å². The van der Waals surface area contributed by atoms with Crippen LogP contribution in [0.3, 0.4) is 0 Å². The number of nitrogens with one attached hydrogen (secondary N) is 1. The molecule has 104 valence electrons. The van der Waals surface area contributed by atoms with Crippen molar-refractivity contribution in [1.29, 1.82) is 5.26 Å². The molecule has 0 radical (unpaired) electrons. The first-order chi connectivity index (χ1) is 9.21. The molecule has 0 amide bonds. The van der Waals surface area contributed by atoms with E-state index in [1.54, 1.807) is 0 Å². The Hall–Kier alpha value is -1.69. The van der Waals surface area contributed by atoms with E-state index in [4.69, 9.17) is 11.0 Å². The molecule has 0 aliphatic carbocycles. The summed E-state index contributed by atoms with van der Waals surface area (Å²) in [5.74, 6) is 0.719. The summed E-state index contributed by atoms with van der Waals surface area (Å²) in [7, 11) is 0. The van der Waals surface area contributed by atoms with Crippen LogP contribution in [0.15, 0.2) is 18.2 Å². The van der Waals surface area contributed by atoms with Crippen molar-refractivity contribution < 1.29 is 0 Å². The maximum atomic E-state index is 8.76.